The first-order valence-electron chi connectivity index (χ1n) is 10.7. The van der Waals surface area contributed by atoms with Gasteiger partial charge in [-0.1, -0.05) is 69.2 Å². The van der Waals surface area contributed by atoms with Gasteiger partial charge in [-0.2, -0.15) is 0 Å². The molecule has 1 aliphatic rings. The van der Waals surface area contributed by atoms with Crippen LogP contribution >= 0.6 is 0 Å². The van der Waals surface area contributed by atoms with Crippen molar-refractivity contribution in [3.8, 4) is 0 Å². The van der Waals surface area contributed by atoms with Crippen LogP contribution in [0.2, 0.25) is 0 Å². The highest BCUT2D eigenvalue weighted by molar-refractivity contribution is 5.14. The van der Waals surface area contributed by atoms with Gasteiger partial charge < -0.3 is 10.2 Å². The van der Waals surface area contributed by atoms with Crippen LogP contribution in [0.5, 0.6) is 0 Å². The fourth-order valence-corrected chi connectivity index (χ4v) is 4.45. The lowest BCUT2D eigenvalue weighted by molar-refractivity contribution is 0.0887. The number of hydrogen-bond acceptors (Lipinski definition) is 2. The molecule has 1 aliphatic carbocycles. The molecule has 0 amide bonds. The summed E-state index contributed by atoms with van der Waals surface area (Å²) in [4.78, 5) is 0. The summed E-state index contributed by atoms with van der Waals surface area (Å²) in [5, 5.41) is 20.9. The van der Waals surface area contributed by atoms with Crippen LogP contribution in [-0.4, -0.2) is 22.4 Å². The third kappa shape index (κ3) is 6.89. The minimum absolute atomic E-state index is 0.194. The van der Waals surface area contributed by atoms with E-state index in [4.69, 9.17) is 0 Å². The maximum absolute atomic E-state index is 10.5. The number of hydrogen-bond donors (Lipinski definition) is 2. The van der Waals surface area contributed by atoms with E-state index in [1.54, 1.807) is 0 Å². The number of benzene rings is 1. The molecule has 0 bridgehead atoms. The molecular weight excluding hydrogens is 320 g/mol. The van der Waals surface area contributed by atoms with Crippen LogP contribution in [-0.2, 0) is 6.42 Å². The fraction of sp³-hybridized carbons (Fsp3) is 0.667. The molecule has 0 aliphatic heterocycles. The van der Waals surface area contributed by atoms with Gasteiger partial charge in [-0.25, -0.2) is 0 Å². The minimum atomic E-state index is -0.265. The quantitative estimate of drug-likeness (QED) is 0.403. The van der Waals surface area contributed by atoms with Crippen molar-refractivity contribution in [1.29, 1.82) is 0 Å². The molecule has 1 fully saturated rings. The number of aryl methyl sites for hydroxylation is 1. The lowest BCUT2D eigenvalue weighted by Crippen LogP contribution is -2.22. The molecule has 1 aromatic rings. The van der Waals surface area contributed by atoms with E-state index in [2.05, 4.69) is 50.3 Å². The van der Waals surface area contributed by atoms with E-state index in [1.165, 1.54) is 24.8 Å². The molecule has 2 rings (SSSR count). The first-order valence-corrected chi connectivity index (χ1v) is 10.7. The van der Waals surface area contributed by atoms with Crippen LogP contribution in [0.15, 0.2) is 42.5 Å². The second-order valence-electron chi connectivity index (χ2n) is 8.21. The lowest BCUT2D eigenvalue weighted by Gasteiger charge is -2.24. The summed E-state index contributed by atoms with van der Waals surface area (Å²) in [5.74, 6) is 1.48. The topological polar surface area (TPSA) is 40.5 Å². The molecule has 0 spiro atoms. The normalized spacial score (nSPS) is 27.2. The van der Waals surface area contributed by atoms with Crippen molar-refractivity contribution in [3.63, 3.8) is 0 Å². The zero-order valence-corrected chi connectivity index (χ0v) is 16.7. The van der Waals surface area contributed by atoms with Gasteiger partial charge in [0.1, 0.15) is 0 Å². The second-order valence-corrected chi connectivity index (χ2v) is 8.21. The molecule has 2 nitrogen and oxygen atoms in total. The zero-order chi connectivity index (χ0) is 18.8. The maximum Gasteiger partial charge on any atom is 0.0573 e. The van der Waals surface area contributed by atoms with Gasteiger partial charge in [0.2, 0.25) is 0 Å². The highest BCUT2D eigenvalue weighted by atomic mass is 16.3. The Labute approximate surface area is 160 Å². The predicted octanol–water partition coefficient (Wildman–Crippen LogP) is 5.53. The molecule has 0 saturated heterocycles. The van der Waals surface area contributed by atoms with Crippen LogP contribution < -0.4 is 0 Å². The Morgan fingerprint density at radius 1 is 1.12 bits per heavy atom. The number of unbranched alkanes of at least 4 members (excludes halogenated alkanes) is 2. The van der Waals surface area contributed by atoms with E-state index >= 15 is 0 Å². The summed E-state index contributed by atoms with van der Waals surface area (Å²) in [6, 6.07) is 10.4. The van der Waals surface area contributed by atoms with Crippen molar-refractivity contribution >= 4 is 0 Å². The molecule has 0 radical (unpaired) electrons. The van der Waals surface area contributed by atoms with Crippen LogP contribution in [0.4, 0.5) is 0 Å². The Balaban J connectivity index is 1.76. The van der Waals surface area contributed by atoms with Crippen molar-refractivity contribution in [2.24, 2.45) is 17.8 Å². The molecule has 2 heteroatoms. The van der Waals surface area contributed by atoms with Crippen LogP contribution in [0.1, 0.15) is 70.8 Å². The third-order valence-corrected chi connectivity index (χ3v) is 6.13. The summed E-state index contributed by atoms with van der Waals surface area (Å²) >= 11 is 0. The first kappa shape index (κ1) is 21.2. The van der Waals surface area contributed by atoms with Gasteiger partial charge in [0.15, 0.2) is 0 Å². The van der Waals surface area contributed by atoms with Gasteiger partial charge in [0.05, 0.1) is 12.2 Å². The highest BCUT2D eigenvalue weighted by Crippen LogP contribution is 2.42. The number of rotatable bonds is 11. The molecule has 26 heavy (non-hydrogen) atoms. The van der Waals surface area contributed by atoms with Gasteiger partial charge in [-0.15, -0.1) is 0 Å². The lowest BCUT2D eigenvalue weighted by atomic mass is 9.83. The predicted molar refractivity (Wildman–Crippen MR) is 110 cm³/mol. The van der Waals surface area contributed by atoms with Gasteiger partial charge in [0, 0.05) is 0 Å². The standard InChI is InChI=1S/C24H38O2/c1-3-4-5-6-10-13-22-19(2)18-24(26)23(22)17-16-21(25)15-14-20-11-8-7-9-12-20/h6-12,19,21-26H,3-5,13-18H2,1-2H3. The average molecular weight is 359 g/mol. The molecule has 1 saturated carbocycles. The molecule has 0 aromatic heterocycles. The van der Waals surface area contributed by atoms with Crippen molar-refractivity contribution in [2.75, 3.05) is 0 Å². The molecule has 5 atom stereocenters. The number of allylic oxidation sites excluding steroid dienone is 2. The summed E-state index contributed by atoms with van der Waals surface area (Å²) in [6.07, 6.45) is 13.3. The molecule has 146 valence electrons. The van der Waals surface area contributed by atoms with Gasteiger partial charge >= 0.3 is 0 Å². The summed E-state index contributed by atoms with van der Waals surface area (Å²) in [6.45, 7) is 4.50. The van der Waals surface area contributed by atoms with E-state index in [-0.39, 0.29) is 12.2 Å². The van der Waals surface area contributed by atoms with E-state index in [0.29, 0.717) is 17.8 Å². The molecule has 0 heterocycles. The van der Waals surface area contributed by atoms with E-state index in [1.807, 2.05) is 6.07 Å². The number of aliphatic hydroxyl groups excluding tert-OH is 2. The van der Waals surface area contributed by atoms with Crippen molar-refractivity contribution in [2.45, 2.75) is 83.8 Å². The second kappa shape index (κ2) is 11.6. The van der Waals surface area contributed by atoms with E-state index in [0.717, 1.165) is 38.5 Å². The summed E-state index contributed by atoms with van der Waals surface area (Å²) in [5.41, 5.74) is 1.29. The smallest absolute Gasteiger partial charge is 0.0573 e. The Bertz CT molecular complexity index is 510. The van der Waals surface area contributed by atoms with E-state index in [9.17, 15) is 10.2 Å². The maximum atomic E-state index is 10.5. The zero-order valence-electron chi connectivity index (χ0n) is 16.7. The molecular formula is C24H38O2. The third-order valence-electron chi connectivity index (χ3n) is 6.13. The van der Waals surface area contributed by atoms with Crippen molar-refractivity contribution in [3.05, 3.63) is 48.0 Å². The van der Waals surface area contributed by atoms with Crippen molar-refractivity contribution in [1.82, 2.24) is 0 Å². The van der Waals surface area contributed by atoms with Gasteiger partial charge in [0.25, 0.3) is 0 Å². The average Bonchev–Trinajstić information content (AvgIpc) is 2.91. The SMILES string of the molecule is CCCCC=CCC1C(C)CC(O)C1CCC(O)CCc1ccccc1. The minimum Gasteiger partial charge on any atom is -0.393 e. The Morgan fingerprint density at radius 2 is 1.88 bits per heavy atom. The number of aliphatic hydroxyl groups is 2. The molecule has 1 aromatic carbocycles. The van der Waals surface area contributed by atoms with E-state index < -0.39 is 0 Å². The van der Waals surface area contributed by atoms with Gasteiger partial charge in [-0.05, 0) is 68.3 Å². The van der Waals surface area contributed by atoms with Crippen LogP contribution in [0.3, 0.4) is 0 Å². The Morgan fingerprint density at radius 3 is 2.62 bits per heavy atom. The van der Waals surface area contributed by atoms with Gasteiger partial charge in [-0.3, -0.25) is 0 Å². The van der Waals surface area contributed by atoms with Crippen LogP contribution in [0.25, 0.3) is 0 Å². The highest BCUT2D eigenvalue weighted by Gasteiger charge is 2.39. The Kier molecular flexibility index (Phi) is 9.42. The van der Waals surface area contributed by atoms with Crippen molar-refractivity contribution < 1.29 is 10.2 Å². The van der Waals surface area contributed by atoms with Crippen LogP contribution in [0, 0.1) is 17.8 Å². The summed E-state index contributed by atoms with van der Waals surface area (Å²) in [7, 11) is 0. The largest absolute Gasteiger partial charge is 0.393 e. The summed E-state index contributed by atoms with van der Waals surface area (Å²) < 4.78 is 0. The fourth-order valence-electron chi connectivity index (χ4n) is 4.45. The Hall–Kier alpha value is -1.12. The monoisotopic (exact) mass is 358 g/mol. The molecule has 2 N–H and O–H groups in total. The molecule has 5 unspecified atom stereocenters. The first-order chi connectivity index (χ1) is 12.6.